The molecule has 0 aliphatic heterocycles. The summed E-state index contributed by atoms with van der Waals surface area (Å²) in [6.07, 6.45) is 4.41. The average Bonchev–Trinajstić information content (AvgIpc) is 2.35. The second-order valence-electron chi connectivity index (χ2n) is 3.64. The molecule has 17 heavy (non-hydrogen) atoms. The van der Waals surface area contributed by atoms with Gasteiger partial charge in [-0.2, -0.15) is 0 Å². The van der Waals surface area contributed by atoms with Crippen molar-refractivity contribution in [2.24, 2.45) is 0 Å². The van der Waals surface area contributed by atoms with Gasteiger partial charge < -0.3 is 5.11 Å². The third kappa shape index (κ3) is 3.16. The first-order chi connectivity index (χ1) is 8.16. The SMILES string of the molecule is OC(Cc1ccc(Cl)c(Cl)c1)c1cncnc1. The number of aliphatic hydroxyl groups is 1. The first-order valence-corrected chi connectivity index (χ1v) is 5.79. The van der Waals surface area contributed by atoms with E-state index in [-0.39, 0.29) is 0 Å². The molecule has 1 N–H and O–H groups in total. The molecule has 2 aromatic rings. The number of rotatable bonds is 3. The fourth-order valence-electron chi connectivity index (χ4n) is 1.49. The Morgan fingerprint density at radius 1 is 1.12 bits per heavy atom. The second kappa shape index (κ2) is 5.45. The van der Waals surface area contributed by atoms with Crippen LogP contribution in [0.3, 0.4) is 0 Å². The molecule has 0 aliphatic rings. The standard InChI is InChI=1S/C12H10Cl2N2O/c13-10-2-1-8(3-11(10)14)4-12(17)9-5-15-7-16-6-9/h1-3,5-7,12,17H,4H2. The van der Waals surface area contributed by atoms with Gasteiger partial charge in [-0.25, -0.2) is 9.97 Å². The van der Waals surface area contributed by atoms with Crippen molar-refractivity contribution >= 4 is 23.2 Å². The van der Waals surface area contributed by atoms with Crippen molar-refractivity contribution in [3.05, 3.63) is 58.1 Å². The average molecular weight is 269 g/mol. The Balaban J connectivity index is 2.13. The van der Waals surface area contributed by atoms with Gasteiger partial charge >= 0.3 is 0 Å². The third-order valence-electron chi connectivity index (χ3n) is 2.38. The van der Waals surface area contributed by atoms with Gasteiger partial charge in [-0.05, 0) is 17.7 Å². The highest BCUT2D eigenvalue weighted by molar-refractivity contribution is 6.42. The van der Waals surface area contributed by atoms with Crippen molar-refractivity contribution in [3.63, 3.8) is 0 Å². The minimum atomic E-state index is -0.645. The lowest BCUT2D eigenvalue weighted by Crippen LogP contribution is -2.02. The van der Waals surface area contributed by atoms with E-state index in [4.69, 9.17) is 23.2 Å². The van der Waals surface area contributed by atoms with Crippen LogP contribution in [0.15, 0.2) is 36.9 Å². The molecule has 3 nitrogen and oxygen atoms in total. The molecule has 1 unspecified atom stereocenters. The largest absolute Gasteiger partial charge is 0.388 e. The quantitative estimate of drug-likeness (QED) is 0.931. The predicted octanol–water partition coefficient (Wildman–Crippen LogP) is 3.06. The van der Waals surface area contributed by atoms with Crippen molar-refractivity contribution in [2.45, 2.75) is 12.5 Å². The Hall–Kier alpha value is -1.16. The van der Waals surface area contributed by atoms with Crippen molar-refractivity contribution in [3.8, 4) is 0 Å². The van der Waals surface area contributed by atoms with Gasteiger partial charge in [-0.1, -0.05) is 29.3 Å². The lowest BCUT2D eigenvalue weighted by molar-refractivity contribution is 0.177. The Bertz CT molecular complexity index is 505. The number of hydrogen-bond donors (Lipinski definition) is 1. The van der Waals surface area contributed by atoms with Crippen LogP contribution in [0, 0.1) is 0 Å². The number of nitrogens with zero attached hydrogens (tertiary/aromatic N) is 2. The third-order valence-corrected chi connectivity index (χ3v) is 3.12. The predicted molar refractivity (Wildman–Crippen MR) is 67.2 cm³/mol. The van der Waals surface area contributed by atoms with E-state index in [1.165, 1.54) is 6.33 Å². The number of aromatic nitrogens is 2. The summed E-state index contributed by atoms with van der Waals surface area (Å²) in [5.74, 6) is 0. The first kappa shape index (κ1) is 12.3. The number of aliphatic hydroxyl groups excluding tert-OH is 1. The van der Waals surface area contributed by atoms with Crippen LogP contribution < -0.4 is 0 Å². The zero-order chi connectivity index (χ0) is 12.3. The van der Waals surface area contributed by atoms with E-state index >= 15 is 0 Å². The molecular formula is C12H10Cl2N2O. The summed E-state index contributed by atoms with van der Waals surface area (Å²) >= 11 is 11.7. The van der Waals surface area contributed by atoms with E-state index in [1.54, 1.807) is 24.5 Å². The lowest BCUT2D eigenvalue weighted by Gasteiger charge is -2.10. The zero-order valence-corrected chi connectivity index (χ0v) is 10.4. The smallest absolute Gasteiger partial charge is 0.115 e. The summed E-state index contributed by atoms with van der Waals surface area (Å²) < 4.78 is 0. The topological polar surface area (TPSA) is 46.0 Å². The van der Waals surface area contributed by atoms with Crippen LogP contribution in [0.25, 0.3) is 0 Å². The van der Waals surface area contributed by atoms with Gasteiger partial charge in [0.05, 0.1) is 16.1 Å². The molecule has 5 heteroatoms. The van der Waals surface area contributed by atoms with Gasteiger partial charge in [0.1, 0.15) is 6.33 Å². The van der Waals surface area contributed by atoms with Gasteiger partial charge in [0.15, 0.2) is 0 Å². The fourth-order valence-corrected chi connectivity index (χ4v) is 1.81. The highest BCUT2D eigenvalue weighted by atomic mass is 35.5. The molecule has 1 atom stereocenters. The summed E-state index contributed by atoms with van der Waals surface area (Å²) in [5.41, 5.74) is 1.59. The molecule has 0 fully saturated rings. The Morgan fingerprint density at radius 2 is 1.82 bits per heavy atom. The van der Waals surface area contributed by atoms with E-state index in [9.17, 15) is 5.11 Å². The van der Waals surface area contributed by atoms with Crippen LogP contribution >= 0.6 is 23.2 Å². The Kier molecular flexibility index (Phi) is 3.94. The minimum Gasteiger partial charge on any atom is -0.388 e. The van der Waals surface area contributed by atoms with Crippen molar-refractivity contribution in [1.29, 1.82) is 0 Å². The van der Waals surface area contributed by atoms with Gasteiger partial charge in [0, 0.05) is 24.4 Å². The molecule has 2 rings (SSSR count). The van der Waals surface area contributed by atoms with E-state index in [0.29, 0.717) is 22.0 Å². The van der Waals surface area contributed by atoms with Crippen molar-refractivity contribution < 1.29 is 5.11 Å². The normalized spacial score (nSPS) is 12.4. The van der Waals surface area contributed by atoms with Crippen molar-refractivity contribution in [1.82, 2.24) is 9.97 Å². The molecule has 0 spiro atoms. The van der Waals surface area contributed by atoms with Crippen LogP contribution in [-0.4, -0.2) is 15.1 Å². The van der Waals surface area contributed by atoms with Gasteiger partial charge in [0.25, 0.3) is 0 Å². The van der Waals surface area contributed by atoms with Crippen LogP contribution in [0.4, 0.5) is 0 Å². The summed E-state index contributed by atoms with van der Waals surface area (Å²) in [6.45, 7) is 0. The monoisotopic (exact) mass is 268 g/mol. The highest BCUT2D eigenvalue weighted by Gasteiger charge is 2.10. The molecule has 0 saturated heterocycles. The van der Waals surface area contributed by atoms with Crippen molar-refractivity contribution in [2.75, 3.05) is 0 Å². The molecular weight excluding hydrogens is 259 g/mol. The molecule has 0 aliphatic carbocycles. The fraction of sp³-hybridized carbons (Fsp3) is 0.167. The highest BCUT2D eigenvalue weighted by Crippen LogP contribution is 2.25. The maximum absolute atomic E-state index is 9.98. The summed E-state index contributed by atoms with van der Waals surface area (Å²) in [7, 11) is 0. The van der Waals surface area contributed by atoms with E-state index in [0.717, 1.165) is 5.56 Å². The lowest BCUT2D eigenvalue weighted by atomic mass is 10.0. The summed E-state index contributed by atoms with van der Waals surface area (Å²) in [4.78, 5) is 7.72. The van der Waals surface area contributed by atoms with Gasteiger partial charge in [0.2, 0.25) is 0 Å². The van der Waals surface area contributed by atoms with Crippen LogP contribution in [0.2, 0.25) is 10.0 Å². The molecule has 1 aromatic heterocycles. The van der Waals surface area contributed by atoms with Crippen LogP contribution in [0.1, 0.15) is 17.2 Å². The first-order valence-electron chi connectivity index (χ1n) is 5.03. The number of halogens is 2. The number of benzene rings is 1. The van der Waals surface area contributed by atoms with Crippen LogP contribution in [0.5, 0.6) is 0 Å². The van der Waals surface area contributed by atoms with E-state index in [1.807, 2.05) is 6.07 Å². The molecule has 88 valence electrons. The van der Waals surface area contributed by atoms with Gasteiger partial charge in [-0.3, -0.25) is 0 Å². The molecule has 0 radical (unpaired) electrons. The molecule has 1 heterocycles. The zero-order valence-electron chi connectivity index (χ0n) is 8.85. The van der Waals surface area contributed by atoms with E-state index < -0.39 is 6.10 Å². The minimum absolute atomic E-state index is 0.449. The molecule has 0 bridgehead atoms. The Labute approximate surface area is 109 Å². The summed E-state index contributed by atoms with van der Waals surface area (Å²) in [6, 6.07) is 5.30. The van der Waals surface area contributed by atoms with Gasteiger partial charge in [-0.15, -0.1) is 0 Å². The Morgan fingerprint density at radius 3 is 2.47 bits per heavy atom. The number of hydrogen-bond acceptors (Lipinski definition) is 3. The molecule has 0 saturated carbocycles. The second-order valence-corrected chi connectivity index (χ2v) is 4.45. The molecule has 0 amide bonds. The summed E-state index contributed by atoms with van der Waals surface area (Å²) in [5, 5.41) is 11.0. The molecule has 1 aromatic carbocycles. The van der Waals surface area contributed by atoms with E-state index in [2.05, 4.69) is 9.97 Å². The maximum Gasteiger partial charge on any atom is 0.115 e. The van der Waals surface area contributed by atoms with Crippen LogP contribution in [-0.2, 0) is 6.42 Å². The maximum atomic E-state index is 9.98.